The number of aromatic nitrogens is 1. The molecule has 21 heavy (non-hydrogen) atoms. The van der Waals surface area contributed by atoms with E-state index in [0.717, 1.165) is 17.9 Å². The summed E-state index contributed by atoms with van der Waals surface area (Å²) < 4.78 is 5.74. The molecule has 1 N–H and O–H groups in total. The monoisotopic (exact) mass is 304 g/mol. The normalized spacial score (nSPS) is 11.4. The van der Waals surface area contributed by atoms with Gasteiger partial charge in [-0.2, -0.15) is 0 Å². The highest BCUT2D eigenvalue weighted by molar-refractivity contribution is 6.31. The molecule has 0 fully saturated rings. The first kappa shape index (κ1) is 15.8. The molecule has 1 aromatic carbocycles. The van der Waals surface area contributed by atoms with Gasteiger partial charge in [-0.3, -0.25) is 4.98 Å². The molecule has 3 nitrogen and oxygen atoms in total. The predicted octanol–water partition coefficient (Wildman–Crippen LogP) is 4.20. The number of rotatable bonds is 5. The van der Waals surface area contributed by atoms with Gasteiger partial charge in [0.25, 0.3) is 0 Å². The average Bonchev–Trinajstić information content (AvgIpc) is 2.45. The Morgan fingerprint density at radius 1 is 1.14 bits per heavy atom. The van der Waals surface area contributed by atoms with Crippen LogP contribution in [0.25, 0.3) is 0 Å². The topological polar surface area (TPSA) is 34.1 Å². The van der Waals surface area contributed by atoms with Crippen LogP contribution in [0.3, 0.4) is 0 Å². The molecule has 0 spiro atoms. The number of nitrogens with zero attached hydrogens (tertiary/aromatic N) is 1. The largest absolute Gasteiger partial charge is 0.489 e. The Labute approximate surface area is 131 Å². The minimum atomic E-state index is 0.118. The molecule has 0 saturated carbocycles. The molecule has 1 heterocycles. The van der Waals surface area contributed by atoms with Crippen molar-refractivity contribution in [1.82, 2.24) is 10.3 Å². The number of benzene rings is 1. The molecule has 0 aliphatic rings. The molecule has 0 atom stereocenters. The van der Waals surface area contributed by atoms with Gasteiger partial charge in [-0.05, 0) is 44.5 Å². The van der Waals surface area contributed by atoms with Crippen molar-refractivity contribution < 1.29 is 4.74 Å². The van der Waals surface area contributed by atoms with Crippen LogP contribution < -0.4 is 10.1 Å². The van der Waals surface area contributed by atoms with E-state index in [-0.39, 0.29) is 5.54 Å². The Morgan fingerprint density at radius 3 is 2.48 bits per heavy atom. The second-order valence-electron chi connectivity index (χ2n) is 6.00. The van der Waals surface area contributed by atoms with E-state index in [2.05, 4.69) is 43.2 Å². The van der Waals surface area contributed by atoms with Gasteiger partial charge in [0.15, 0.2) is 0 Å². The van der Waals surface area contributed by atoms with E-state index >= 15 is 0 Å². The minimum absolute atomic E-state index is 0.118. The average molecular weight is 305 g/mol. The minimum Gasteiger partial charge on any atom is -0.489 e. The Morgan fingerprint density at radius 2 is 1.86 bits per heavy atom. The van der Waals surface area contributed by atoms with Crippen LogP contribution in [0.5, 0.6) is 5.75 Å². The summed E-state index contributed by atoms with van der Waals surface area (Å²) in [6, 6.07) is 9.97. The summed E-state index contributed by atoms with van der Waals surface area (Å²) in [5.41, 5.74) is 2.29. The van der Waals surface area contributed by atoms with E-state index in [9.17, 15) is 0 Å². The Bertz CT molecular complexity index is 576. The summed E-state index contributed by atoms with van der Waals surface area (Å²) in [4.78, 5) is 3.96. The number of nitrogens with one attached hydrogen (secondary N) is 1. The smallest absolute Gasteiger partial charge is 0.119 e. The first-order valence-electron chi connectivity index (χ1n) is 6.99. The lowest BCUT2D eigenvalue weighted by molar-refractivity contribution is 0.306. The van der Waals surface area contributed by atoms with Gasteiger partial charge in [0.2, 0.25) is 0 Å². The van der Waals surface area contributed by atoms with Crippen LogP contribution in [-0.2, 0) is 13.2 Å². The maximum Gasteiger partial charge on any atom is 0.119 e. The zero-order chi connectivity index (χ0) is 15.3. The quantitative estimate of drug-likeness (QED) is 0.899. The molecule has 0 aliphatic carbocycles. The molecule has 0 amide bonds. The van der Waals surface area contributed by atoms with Crippen molar-refractivity contribution in [2.24, 2.45) is 0 Å². The van der Waals surface area contributed by atoms with Crippen molar-refractivity contribution in [1.29, 1.82) is 0 Å². The van der Waals surface area contributed by atoms with Crippen molar-refractivity contribution in [2.75, 3.05) is 0 Å². The van der Waals surface area contributed by atoms with Crippen molar-refractivity contribution in [3.8, 4) is 5.75 Å². The summed E-state index contributed by atoms with van der Waals surface area (Å²) >= 11 is 6.05. The van der Waals surface area contributed by atoms with Crippen molar-refractivity contribution >= 4 is 11.6 Å². The van der Waals surface area contributed by atoms with E-state index in [1.165, 1.54) is 5.56 Å². The van der Waals surface area contributed by atoms with Gasteiger partial charge in [0, 0.05) is 30.0 Å². The van der Waals surface area contributed by atoms with Gasteiger partial charge in [0.1, 0.15) is 12.4 Å². The number of pyridine rings is 1. The van der Waals surface area contributed by atoms with Crippen LogP contribution in [0.4, 0.5) is 0 Å². The molecule has 0 bridgehead atoms. The second-order valence-corrected chi connectivity index (χ2v) is 6.41. The highest BCUT2D eigenvalue weighted by Gasteiger charge is 2.08. The highest BCUT2D eigenvalue weighted by atomic mass is 35.5. The molecule has 0 aliphatic heterocycles. The van der Waals surface area contributed by atoms with Crippen LogP contribution in [0.1, 0.15) is 31.9 Å². The van der Waals surface area contributed by atoms with Crippen LogP contribution in [0.2, 0.25) is 5.02 Å². The van der Waals surface area contributed by atoms with Gasteiger partial charge in [-0.25, -0.2) is 0 Å². The van der Waals surface area contributed by atoms with Crippen LogP contribution in [0.15, 0.2) is 42.7 Å². The van der Waals surface area contributed by atoms with Gasteiger partial charge < -0.3 is 10.1 Å². The number of halogens is 1. The third kappa shape index (κ3) is 5.37. The molecule has 1 aromatic heterocycles. The molecule has 0 radical (unpaired) electrons. The van der Waals surface area contributed by atoms with Gasteiger partial charge in [-0.1, -0.05) is 23.7 Å². The maximum atomic E-state index is 6.05. The van der Waals surface area contributed by atoms with E-state index in [0.29, 0.717) is 11.6 Å². The third-order valence-electron chi connectivity index (χ3n) is 3.00. The Balaban J connectivity index is 1.89. The van der Waals surface area contributed by atoms with E-state index in [1.807, 2.05) is 18.2 Å². The second kappa shape index (κ2) is 6.92. The van der Waals surface area contributed by atoms with Crippen LogP contribution >= 0.6 is 11.6 Å². The Hall–Kier alpha value is -1.58. The van der Waals surface area contributed by atoms with Crippen molar-refractivity contribution in [3.63, 3.8) is 0 Å². The lowest BCUT2D eigenvalue weighted by Gasteiger charge is -2.20. The first-order valence-corrected chi connectivity index (χ1v) is 7.37. The number of hydrogen-bond acceptors (Lipinski definition) is 3. The lowest BCUT2D eigenvalue weighted by atomic mass is 10.1. The molecular weight excluding hydrogens is 284 g/mol. The summed E-state index contributed by atoms with van der Waals surface area (Å²) in [5.74, 6) is 0.836. The lowest BCUT2D eigenvalue weighted by Crippen LogP contribution is -2.34. The fourth-order valence-corrected chi connectivity index (χ4v) is 1.93. The van der Waals surface area contributed by atoms with E-state index in [1.54, 1.807) is 12.4 Å². The van der Waals surface area contributed by atoms with Gasteiger partial charge in [-0.15, -0.1) is 0 Å². The number of ether oxygens (including phenoxy) is 1. The molecule has 2 aromatic rings. The third-order valence-corrected chi connectivity index (χ3v) is 3.34. The fraction of sp³-hybridized carbons (Fsp3) is 0.353. The molecular formula is C17H21ClN2O. The van der Waals surface area contributed by atoms with Crippen LogP contribution in [-0.4, -0.2) is 10.5 Å². The van der Waals surface area contributed by atoms with Crippen molar-refractivity contribution in [2.45, 2.75) is 39.5 Å². The van der Waals surface area contributed by atoms with Crippen LogP contribution in [0, 0.1) is 0 Å². The predicted molar refractivity (Wildman–Crippen MR) is 86.6 cm³/mol. The maximum absolute atomic E-state index is 6.05. The zero-order valence-corrected chi connectivity index (χ0v) is 13.4. The fourth-order valence-electron chi connectivity index (χ4n) is 1.75. The summed E-state index contributed by atoms with van der Waals surface area (Å²) in [7, 11) is 0. The molecule has 2 rings (SSSR count). The summed E-state index contributed by atoms with van der Waals surface area (Å²) in [6.07, 6.45) is 3.34. The van der Waals surface area contributed by atoms with Crippen molar-refractivity contribution in [3.05, 3.63) is 58.9 Å². The first-order chi connectivity index (χ1) is 9.94. The van der Waals surface area contributed by atoms with E-state index in [4.69, 9.17) is 16.3 Å². The standard InChI is InChI=1S/C17H21ClN2O/c1-17(2,3)20-10-13-4-6-15(7-5-13)21-12-14-8-9-19-11-16(14)18/h4-9,11,20H,10,12H2,1-3H3. The van der Waals surface area contributed by atoms with Gasteiger partial charge >= 0.3 is 0 Å². The van der Waals surface area contributed by atoms with E-state index < -0.39 is 0 Å². The van der Waals surface area contributed by atoms with Gasteiger partial charge in [0.05, 0.1) is 5.02 Å². The number of hydrogen-bond donors (Lipinski definition) is 1. The molecule has 4 heteroatoms. The molecule has 0 unspecified atom stereocenters. The Kier molecular flexibility index (Phi) is 5.21. The summed E-state index contributed by atoms with van der Waals surface area (Å²) in [6.45, 7) is 7.76. The molecule has 0 saturated heterocycles. The SMILES string of the molecule is CC(C)(C)NCc1ccc(OCc2ccncc2Cl)cc1. The summed E-state index contributed by atoms with van der Waals surface area (Å²) in [5, 5.41) is 4.09. The highest BCUT2D eigenvalue weighted by Crippen LogP contribution is 2.18. The molecule has 112 valence electrons. The zero-order valence-electron chi connectivity index (χ0n) is 12.7.